The number of rotatable bonds is 4. The number of hydrogen-bond acceptors (Lipinski definition) is 5. The van der Waals surface area contributed by atoms with Crippen molar-refractivity contribution in [1.82, 2.24) is 15.5 Å². The molecule has 0 bridgehead atoms. The van der Waals surface area contributed by atoms with Crippen LogP contribution in [0.3, 0.4) is 0 Å². The maximum Gasteiger partial charge on any atom is 0.227 e. The molecule has 2 rings (SSSR count). The van der Waals surface area contributed by atoms with Crippen LogP contribution in [0.2, 0.25) is 0 Å². The summed E-state index contributed by atoms with van der Waals surface area (Å²) in [6.45, 7) is 0.782. The van der Waals surface area contributed by atoms with E-state index in [1.54, 1.807) is 0 Å². The van der Waals surface area contributed by atoms with Gasteiger partial charge in [-0.05, 0) is 19.3 Å². The molecule has 14 heavy (non-hydrogen) atoms. The van der Waals surface area contributed by atoms with Gasteiger partial charge in [-0.25, -0.2) is 0 Å². The quantitative estimate of drug-likeness (QED) is 0.717. The lowest BCUT2D eigenvalue weighted by Gasteiger charge is -2.15. The Bertz CT molecular complexity index is 263. The van der Waals surface area contributed by atoms with Gasteiger partial charge < -0.3 is 14.9 Å². The van der Waals surface area contributed by atoms with Gasteiger partial charge in [-0.2, -0.15) is 4.98 Å². The molecule has 2 N–H and O–H groups in total. The smallest absolute Gasteiger partial charge is 0.227 e. The fourth-order valence-electron chi connectivity index (χ4n) is 1.85. The van der Waals surface area contributed by atoms with E-state index in [9.17, 15) is 5.11 Å². The van der Waals surface area contributed by atoms with E-state index >= 15 is 0 Å². The lowest BCUT2D eigenvalue weighted by molar-refractivity contribution is 0.149. The zero-order chi connectivity index (χ0) is 9.80. The van der Waals surface area contributed by atoms with Crippen LogP contribution in [-0.2, 0) is 6.42 Å². The zero-order valence-corrected chi connectivity index (χ0v) is 8.02. The Kier molecular flexibility index (Phi) is 3.10. The molecule has 1 aliphatic rings. The molecule has 1 aromatic rings. The molecule has 1 aliphatic carbocycles. The summed E-state index contributed by atoms with van der Waals surface area (Å²) in [5, 5.41) is 16.3. The highest BCUT2D eigenvalue weighted by atomic mass is 16.5. The minimum absolute atomic E-state index is 0.183. The van der Waals surface area contributed by atoms with E-state index in [1.807, 2.05) is 0 Å². The van der Waals surface area contributed by atoms with Crippen LogP contribution < -0.4 is 5.32 Å². The van der Waals surface area contributed by atoms with Crippen LogP contribution >= 0.6 is 0 Å². The van der Waals surface area contributed by atoms with E-state index in [4.69, 9.17) is 4.52 Å². The largest absolute Gasteiger partial charge is 0.392 e. The molecular weight excluding hydrogens is 182 g/mol. The third kappa shape index (κ3) is 2.30. The van der Waals surface area contributed by atoms with Gasteiger partial charge in [-0.15, -0.1) is 0 Å². The summed E-state index contributed by atoms with van der Waals surface area (Å²) in [4.78, 5) is 3.92. The van der Waals surface area contributed by atoms with Gasteiger partial charge in [0.05, 0.1) is 6.10 Å². The molecular formula is C9H15N3O2. The number of aliphatic hydroxyl groups is 1. The molecule has 0 spiro atoms. The van der Waals surface area contributed by atoms with Crippen LogP contribution in [0.15, 0.2) is 10.9 Å². The van der Waals surface area contributed by atoms with Crippen molar-refractivity contribution in [1.29, 1.82) is 0 Å². The summed E-state index contributed by atoms with van der Waals surface area (Å²) in [7, 11) is 0. The van der Waals surface area contributed by atoms with Gasteiger partial charge >= 0.3 is 0 Å². The molecule has 0 aliphatic heterocycles. The third-order valence-corrected chi connectivity index (χ3v) is 2.63. The van der Waals surface area contributed by atoms with Crippen molar-refractivity contribution >= 4 is 0 Å². The lowest BCUT2D eigenvalue weighted by Crippen LogP contribution is -2.36. The lowest BCUT2D eigenvalue weighted by atomic mass is 10.2. The van der Waals surface area contributed by atoms with E-state index in [-0.39, 0.29) is 12.1 Å². The molecule has 5 heteroatoms. The monoisotopic (exact) mass is 197 g/mol. The van der Waals surface area contributed by atoms with Gasteiger partial charge in [-0.3, -0.25) is 0 Å². The third-order valence-electron chi connectivity index (χ3n) is 2.63. The zero-order valence-electron chi connectivity index (χ0n) is 8.02. The molecule has 0 aromatic carbocycles. The van der Waals surface area contributed by atoms with Gasteiger partial charge in [0, 0.05) is 19.0 Å². The maximum atomic E-state index is 9.53. The van der Waals surface area contributed by atoms with Gasteiger partial charge in [0.2, 0.25) is 5.89 Å². The van der Waals surface area contributed by atoms with E-state index in [1.165, 1.54) is 6.33 Å². The van der Waals surface area contributed by atoms with Crippen LogP contribution in [-0.4, -0.2) is 33.9 Å². The summed E-state index contributed by atoms with van der Waals surface area (Å²) < 4.78 is 4.86. The average Bonchev–Trinajstić information content (AvgIpc) is 2.78. The van der Waals surface area contributed by atoms with Gasteiger partial charge in [0.1, 0.15) is 0 Å². The predicted octanol–water partition coefficient (Wildman–Crippen LogP) is 0.115. The van der Waals surface area contributed by atoms with Crippen molar-refractivity contribution in [3.05, 3.63) is 12.2 Å². The Hall–Kier alpha value is -0.940. The topological polar surface area (TPSA) is 71.2 Å². The fourth-order valence-corrected chi connectivity index (χ4v) is 1.85. The summed E-state index contributed by atoms with van der Waals surface area (Å²) in [6, 6.07) is 0.248. The minimum Gasteiger partial charge on any atom is -0.392 e. The first-order valence-corrected chi connectivity index (χ1v) is 5.03. The number of nitrogens with zero attached hydrogens (tertiary/aromatic N) is 2. The molecule has 78 valence electrons. The summed E-state index contributed by atoms with van der Waals surface area (Å²) in [5.74, 6) is 0.644. The molecule has 2 atom stereocenters. The maximum absolute atomic E-state index is 9.53. The molecule has 0 unspecified atom stereocenters. The fraction of sp³-hybridized carbons (Fsp3) is 0.778. The van der Waals surface area contributed by atoms with Crippen molar-refractivity contribution in [3.8, 4) is 0 Å². The number of hydrogen-bond donors (Lipinski definition) is 2. The standard InChI is InChI=1S/C9H15N3O2/c13-8-3-1-2-7(8)10-5-4-9-11-6-12-14-9/h6-8,10,13H,1-5H2/t7-,8-/m1/s1. The summed E-state index contributed by atoms with van der Waals surface area (Å²) in [6.07, 6.45) is 5.03. The van der Waals surface area contributed by atoms with E-state index in [0.717, 1.165) is 32.2 Å². The first-order chi connectivity index (χ1) is 6.86. The number of nitrogens with one attached hydrogen (secondary N) is 1. The van der Waals surface area contributed by atoms with E-state index < -0.39 is 0 Å². The van der Waals surface area contributed by atoms with Gasteiger partial charge in [0.15, 0.2) is 6.33 Å². The number of aromatic nitrogens is 2. The van der Waals surface area contributed by atoms with Crippen LogP contribution in [0.5, 0.6) is 0 Å². The Morgan fingerprint density at radius 3 is 3.14 bits per heavy atom. The second-order valence-electron chi connectivity index (χ2n) is 3.64. The van der Waals surface area contributed by atoms with Crippen LogP contribution in [0.25, 0.3) is 0 Å². The van der Waals surface area contributed by atoms with Gasteiger partial charge in [0.25, 0.3) is 0 Å². The minimum atomic E-state index is -0.183. The Morgan fingerprint density at radius 2 is 2.50 bits per heavy atom. The van der Waals surface area contributed by atoms with Gasteiger partial charge in [-0.1, -0.05) is 5.16 Å². The van der Waals surface area contributed by atoms with Crippen molar-refractivity contribution in [2.45, 2.75) is 37.8 Å². The highest BCUT2D eigenvalue weighted by molar-refractivity contribution is 4.84. The van der Waals surface area contributed by atoms with E-state index in [2.05, 4.69) is 15.5 Å². The van der Waals surface area contributed by atoms with Crippen LogP contribution in [0, 0.1) is 0 Å². The predicted molar refractivity (Wildman–Crippen MR) is 49.7 cm³/mol. The molecule has 0 amide bonds. The van der Waals surface area contributed by atoms with Crippen LogP contribution in [0.1, 0.15) is 25.2 Å². The molecule has 1 aromatic heterocycles. The van der Waals surface area contributed by atoms with Crippen molar-refractivity contribution in [2.75, 3.05) is 6.54 Å². The first kappa shape index (κ1) is 9.61. The molecule has 1 heterocycles. The highest BCUT2D eigenvalue weighted by Crippen LogP contribution is 2.18. The molecule has 5 nitrogen and oxygen atoms in total. The van der Waals surface area contributed by atoms with Crippen LogP contribution in [0.4, 0.5) is 0 Å². The summed E-state index contributed by atoms with van der Waals surface area (Å²) >= 11 is 0. The van der Waals surface area contributed by atoms with Crippen molar-refractivity contribution < 1.29 is 9.63 Å². The molecule has 0 radical (unpaired) electrons. The average molecular weight is 197 g/mol. The number of aliphatic hydroxyl groups excluding tert-OH is 1. The Morgan fingerprint density at radius 1 is 1.57 bits per heavy atom. The Labute approximate surface area is 82.5 Å². The van der Waals surface area contributed by atoms with Crippen molar-refractivity contribution in [2.24, 2.45) is 0 Å². The first-order valence-electron chi connectivity index (χ1n) is 5.03. The van der Waals surface area contributed by atoms with E-state index in [0.29, 0.717) is 5.89 Å². The van der Waals surface area contributed by atoms with Crippen molar-refractivity contribution in [3.63, 3.8) is 0 Å². The molecule has 1 fully saturated rings. The Balaban J connectivity index is 1.68. The summed E-state index contributed by atoms with van der Waals surface area (Å²) in [5.41, 5.74) is 0. The second kappa shape index (κ2) is 4.52. The normalized spacial score (nSPS) is 26.9. The molecule has 0 saturated heterocycles. The highest BCUT2D eigenvalue weighted by Gasteiger charge is 2.24. The molecule has 1 saturated carbocycles. The SMILES string of the molecule is O[C@@H]1CCC[C@H]1NCCc1ncno1. The second-order valence-corrected chi connectivity index (χ2v) is 3.64.